The van der Waals surface area contributed by atoms with E-state index in [1.54, 1.807) is 6.20 Å². The van der Waals surface area contributed by atoms with E-state index < -0.39 is 12.0 Å². The van der Waals surface area contributed by atoms with E-state index >= 15 is 0 Å². The molecule has 1 rings (SSSR count). The molecule has 0 amide bonds. The third-order valence-corrected chi connectivity index (χ3v) is 2.13. The average Bonchev–Trinajstić information content (AvgIpc) is 2.26. The van der Waals surface area contributed by atoms with Gasteiger partial charge in [0.2, 0.25) is 0 Å². The molecule has 15 heavy (non-hydrogen) atoms. The number of hydrogen-bond donors (Lipinski definition) is 2. The van der Waals surface area contributed by atoms with Gasteiger partial charge in [-0.25, -0.2) is 4.98 Å². The molecule has 0 radical (unpaired) electrons. The van der Waals surface area contributed by atoms with Gasteiger partial charge in [0.15, 0.2) is 0 Å². The molecule has 0 bridgehead atoms. The molecule has 0 fully saturated rings. The summed E-state index contributed by atoms with van der Waals surface area (Å²) in [5.74, 6) is -0.153. The Morgan fingerprint density at radius 1 is 1.67 bits per heavy atom. The second-order valence-corrected chi connectivity index (χ2v) is 3.34. The molecule has 1 aromatic heterocycles. The summed E-state index contributed by atoms with van der Waals surface area (Å²) in [4.78, 5) is 16.5. The zero-order chi connectivity index (χ0) is 11.3. The minimum Gasteiger partial charge on any atom is -0.480 e. The number of pyridine rings is 1. The fourth-order valence-electron chi connectivity index (χ4n) is 1.15. The van der Waals surface area contributed by atoms with Crippen LogP contribution in [0.4, 0.5) is 5.82 Å². The van der Waals surface area contributed by atoms with Gasteiger partial charge in [0.1, 0.15) is 11.9 Å². The number of rotatable bonds is 5. The van der Waals surface area contributed by atoms with Gasteiger partial charge in [-0.15, -0.1) is 0 Å². The zero-order valence-corrected chi connectivity index (χ0v) is 8.63. The Kier molecular flexibility index (Phi) is 4.05. The number of carbonyl (C=O) groups is 1. The molecular weight excluding hydrogens is 194 g/mol. The van der Waals surface area contributed by atoms with Crippen LogP contribution >= 0.6 is 0 Å². The standard InChI is InChI=1S/C10H15N3O2/c1-13(7-5-8(11)10(14)15)9-4-2-3-6-12-9/h2-4,6,8H,5,7,11H2,1H3,(H,14,15)/t8-/m0/s1. The summed E-state index contributed by atoms with van der Waals surface area (Å²) in [6.45, 7) is 0.574. The maximum Gasteiger partial charge on any atom is 0.320 e. The fraction of sp³-hybridized carbons (Fsp3) is 0.400. The summed E-state index contributed by atoms with van der Waals surface area (Å²) in [6, 6.07) is 4.78. The lowest BCUT2D eigenvalue weighted by Crippen LogP contribution is -2.34. The molecule has 0 saturated carbocycles. The first-order valence-corrected chi connectivity index (χ1v) is 4.72. The van der Waals surface area contributed by atoms with E-state index in [0.29, 0.717) is 13.0 Å². The van der Waals surface area contributed by atoms with E-state index in [1.165, 1.54) is 0 Å². The van der Waals surface area contributed by atoms with Crippen LogP contribution in [0.15, 0.2) is 24.4 Å². The van der Waals surface area contributed by atoms with Crippen LogP contribution in [0, 0.1) is 0 Å². The molecule has 1 heterocycles. The van der Waals surface area contributed by atoms with Gasteiger partial charge in [0.25, 0.3) is 0 Å². The first kappa shape index (κ1) is 11.5. The van der Waals surface area contributed by atoms with E-state index in [4.69, 9.17) is 10.8 Å². The van der Waals surface area contributed by atoms with E-state index in [9.17, 15) is 4.79 Å². The van der Waals surface area contributed by atoms with Gasteiger partial charge in [-0.1, -0.05) is 6.07 Å². The SMILES string of the molecule is CN(CC[C@H](N)C(=O)O)c1ccccn1. The van der Waals surface area contributed by atoms with Crippen molar-refractivity contribution >= 4 is 11.8 Å². The van der Waals surface area contributed by atoms with Crippen LogP contribution < -0.4 is 10.6 Å². The van der Waals surface area contributed by atoms with E-state index in [0.717, 1.165) is 5.82 Å². The Balaban J connectivity index is 2.43. The van der Waals surface area contributed by atoms with Crippen LogP contribution in [0.1, 0.15) is 6.42 Å². The van der Waals surface area contributed by atoms with Crippen molar-refractivity contribution in [2.75, 3.05) is 18.5 Å². The minimum absolute atomic E-state index is 0.405. The lowest BCUT2D eigenvalue weighted by atomic mass is 10.2. The van der Waals surface area contributed by atoms with Crippen molar-refractivity contribution in [1.29, 1.82) is 0 Å². The van der Waals surface area contributed by atoms with Gasteiger partial charge >= 0.3 is 5.97 Å². The maximum absolute atomic E-state index is 10.5. The second-order valence-electron chi connectivity index (χ2n) is 3.34. The number of carboxylic acid groups (broad SMARTS) is 1. The van der Waals surface area contributed by atoms with Crippen molar-refractivity contribution in [3.8, 4) is 0 Å². The number of aromatic nitrogens is 1. The molecule has 0 saturated heterocycles. The highest BCUT2D eigenvalue weighted by atomic mass is 16.4. The summed E-state index contributed by atoms with van der Waals surface area (Å²) in [5.41, 5.74) is 5.40. The van der Waals surface area contributed by atoms with E-state index in [2.05, 4.69) is 4.98 Å². The fourth-order valence-corrected chi connectivity index (χ4v) is 1.15. The summed E-state index contributed by atoms with van der Waals surface area (Å²) < 4.78 is 0. The molecule has 0 aliphatic rings. The quantitative estimate of drug-likeness (QED) is 0.730. The molecule has 0 spiro atoms. The van der Waals surface area contributed by atoms with Gasteiger partial charge in [-0.2, -0.15) is 0 Å². The predicted molar refractivity (Wildman–Crippen MR) is 57.7 cm³/mol. The van der Waals surface area contributed by atoms with Gasteiger partial charge < -0.3 is 15.7 Å². The Morgan fingerprint density at radius 2 is 2.40 bits per heavy atom. The topological polar surface area (TPSA) is 79.5 Å². The predicted octanol–water partition coefficient (Wildman–Crippen LogP) is 0.320. The van der Waals surface area contributed by atoms with Gasteiger partial charge in [0.05, 0.1) is 0 Å². The molecule has 3 N–H and O–H groups in total. The lowest BCUT2D eigenvalue weighted by Gasteiger charge is -2.18. The molecule has 1 aromatic rings. The molecule has 1 atom stereocenters. The summed E-state index contributed by atoms with van der Waals surface area (Å²) >= 11 is 0. The average molecular weight is 209 g/mol. The van der Waals surface area contributed by atoms with E-state index in [-0.39, 0.29) is 0 Å². The van der Waals surface area contributed by atoms with Crippen LogP contribution in [0.25, 0.3) is 0 Å². The second kappa shape index (κ2) is 5.31. The smallest absolute Gasteiger partial charge is 0.320 e. The van der Waals surface area contributed by atoms with Crippen LogP contribution in [0.3, 0.4) is 0 Å². The third-order valence-electron chi connectivity index (χ3n) is 2.13. The Bertz CT molecular complexity index is 316. The Labute approximate surface area is 88.5 Å². The van der Waals surface area contributed by atoms with Gasteiger partial charge in [0, 0.05) is 19.8 Å². The lowest BCUT2D eigenvalue weighted by molar-refractivity contribution is -0.138. The molecule has 0 aromatic carbocycles. The van der Waals surface area contributed by atoms with Crippen molar-refractivity contribution in [2.45, 2.75) is 12.5 Å². The normalized spacial score (nSPS) is 12.1. The molecule has 5 heteroatoms. The highest BCUT2D eigenvalue weighted by molar-refractivity contribution is 5.73. The van der Waals surface area contributed by atoms with Crippen LogP contribution in [0.5, 0.6) is 0 Å². The summed E-state index contributed by atoms with van der Waals surface area (Å²) in [5, 5.41) is 8.61. The van der Waals surface area contributed by atoms with E-state index in [1.807, 2.05) is 30.1 Å². The number of anilines is 1. The number of hydrogen-bond acceptors (Lipinski definition) is 4. The van der Waals surface area contributed by atoms with Crippen molar-refractivity contribution < 1.29 is 9.90 Å². The zero-order valence-electron chi connectivity index (χ0n) is 8.63. The molecular formula is C10H15N3O2. The Morgan fingerprint density at radius 3 is 2.93 bits per heavy atom. The number of aliphatic carboxylic acids is 1. The molecule has 82 valence electrons. The highest BCUT2D eigenvalue weighted by Crippen LogP contribution is 2.07. The molecule has 5 nitrogen and oxygen atoms in total. The number of carboxylic acids is 1. The van der Waals surface area contributed by atoms with Crippen LogP contribution in [0.2, 0.25) is 0 Å². The van der Waals surface area contributed by atoms with Crippen LogP contribution in [-0.2, 0) is 4.79 Å². The third kappa shape index (κ3) is 3.55. The van der Waals surface area contributed by atoms with Gasteiger partial charge in [-0.05, 0) is 18.6 Å². The van der Waals surface area contributed by atoms with Crippen molar-refractivity contribution in [3.05, 3.63) is 24.4 Å². The van der Waals surface area contributed by atoms with Crippen molar-refractivity contribution in [2.24, 2.45) is 5.73 Å². The monoisotopic (exact) mass is 209 g/mol. The number of nitrogens with zero attached hydrogens (tertiary/aromatic N) is 2. The largest absolute Gasteiger partial charge is 0.480 e. The Hall–Kier alpha value is -1.62. The van der Waals surface area contributed by atoms with Crippen molar-refractivity contribution in [3.63, 3.8) is 0 Å². The summed E-state index contributed by atoms with van der Waals surface area (Å²) in [6.07, 6.45) is 2.10. The molecule has 0 aliphatic heterocycles. The first-order chi connectivity index (χ1) is 7.11. The van der Waals surface area contributed by atoms with Crippen molar-refractivity contribution in [1.82, 2.24) is 4.98 Å². The first-order valence-electron chi connectivity index (χ1n) is 4.72. The molecule has 0 unspecified atom stereocenters. The van der Waals surface area contributed by atoms with Gasteiger partial charge in [-0.3, -0.25) is 4.79 Å². The number of nitrogens with two attached hydrogens (primary N) is 1. The molecule has 0 aliphatic carbocycles. The summed E-state index contributed by atoms with van der Waals surface area (Å²) in [7, 11) is 1.86. The highest BCUT2D eigenvalue weighted by Gasteiger charge is 2.12. The maximum atomic E-state index is 10.5. The minimum atomic E-state index is -0.968. The van der Waals surface area contributed by atoms with Crippen LogP contribution in [-0.4, -0.2) is 35.7 Å².